The van der Waals surface area contributed by atoms with Crippen LogP contribution in [0.2, 0.25) is 0 Å². The maximum Gasteiger partial charge on any atom is 0.256 e. The molecule has 138 valence electrons. The Balaban J connectivity index is 1.60. The smallest absolute Gasteiger partial charge is 0.256 e. The van der Waals surface area contributed by atoms with E-state index in [1.165, 1.54) is 11.3 Å². The maximum atomic E-state index is 12.5. The largest absolute Gasteiger partial charge is 0.497 e. The molecule has 0 spiro atoms. The quantitative estimate of drug-likeness (QED) is 0.651. The van der Waals surface area contributed by atoms with E-state index in [1.807, 2.05) is 29.6 Å². The number of amides is 2. The van der Waals surface area contributed by atoms with Crippen molar-refractivity contribution >= 4 is 28.8 Å². The molecule has 0 aliphatic carbocycles. The minimum absolute atomic E-state index is 0.218. The molecule has 1 aromatic heterocycles. The van der Waals surface area contributed by atoms with E-state index in [9.17, 15) is 9.59 Å². The van der Waals surface area contributed by atoms with Gasteiger partial charge < -0.3 is 15.4 Å². The molecule has 1 heterocycles. The molecule has 0 fully saturated rings. The third kappa shape index (κ3) is 4.95. The highest BCUT2D eigenvalue weighted by Gasteiger charge is 2.14. The number of anilines is 1. The molecule has 2 amide bonds. The Kier molecular flexibility index (Phi) is 6.22. The first-order chi connectivity index (χ1) is 13.2. The highest BCUT2D eigenvalue weighted by Crippen LogP contribution is 2.17. The molecule has 6 heteroatoms. The van der Waals surface area contributed by atoms with Crippen LogP contribution in [-0.4, -0.2) is 25.5 Å². The van der Waals surface area contributed by atoms with Crippen LogP contribution < -0.4 is 15.4 Å². The van der Waals surface area contributed by atoms with Gasteiger partial charge in [0.1, 0.15) is 5.75 Å². The molecule has 0 atom stereocenters. The van der Waals surface area contributed by atoms with Crippen molar-refractivity contribution in [2.75, 3.05) is 19.0 Å². The summed E-state index contributed by atoms with van der Waals surface area (Å²) in [5, 5.41) is 9.32. The number of methoxy groups -OCH3 is 1. The highest BCUT2D eigenvalue weighted by molar-refractivity contribution is 7.08. The number of carbonyl (C=O) groups is 2. The molecule has 2 aromatic carbocycles. The first kappa shape index (κ1) is 18.7. The third-order valence-electron chi connectivity index (χ3n) is 4.06. The summed E-state index contributed by atoms with van der Waals surface area (Å²) in [5.74, 6) is 0.359. The van der Waals surface area contributed by atoms with Crippen molar-refractivity contribution in [2.45, 2.75) is 6.42 Å². The first-order valence-electron chi connectivity index (χ1n) is 8.51. The number of benzene rings is 2. The lowest BCUT2D eigenvalue weighted by Crippen LogP contribution is -2.27. The topological polar surface area (TPSA) is 67.4 Å². The van der Waals surface area contributed by atoms with Crippen LogP contribution in [0, 0.1) is 0 Å². The van der Waals surface area contributed by atoms with Crippen LogP contribution in [0.3, 0.4) is 0 Å². The van der Waals surface area contributed by atoms with Crippen molar-refractivity contribution in [3.63, 3.8) is 0 Å². The fraction of sp³-hybridized carbons (Fsp3) is 0.143. The van der Waals surface area contributed by atoms with Crippen molar-refractivity contribution in [2.24, 2.45) is 0 Å². The second-order valence-electron chi connectivity index (χ2n) is 5.87. The predicted octanol–water partition coefficient (Wildman–Crippen LogP) is 3.98. The van der Waals surface area contributed by atoms with Gasteiger partial charge in [-0.1, -0.05) is 24.3 Å². The Labute approximate surface area is 162 Å². The number of rotatable bonds is 7. The van der Waals surface area contributed by atoms with Crippen LogP contribution in [0.25, 0.3) is 0 Å². The Bertz CT molecular complexity index is 905. The summed E-state index contributed by atoms with van der Waals surface area (Å²) in [7, 11) is 1.63. The van der Waals surface area contributed by atoms with Crippen LogP contribution in [-0.2, 0) is 6.42 Å². The average Bonchev–Trinajstić information content (AvgIpc) is 3.24. The molecule has 0 radical (unpaired) electrons. The number of nitrogens with one attached hydrogen (secondary N) is 2. The summed E-state index contributed by atoms with van der Waals surface area (Å²) >= 11 is 1.45. The monoisotopic (exact) mass is 380 g/mol. The summed E-state index contributed by atoms with van der Waals surface area (Å²) in [6, 6.07) is 16.5. The molecule has 0 aliphatic heterocycles. The lowest BCUT2D eigenvalue weighted by atomic mass is 10.1. The van der Waals surface area contributed by atoms with Gasteiger partial charge in [0, 0.05) is 11.9 Å². The van der Waals surface area contributed by atoms with Crippen molar-refractivity contribution in [3.8, 4) is 5.75 Å². The lowest BCUT2D eigenvalue weighted by molar-refractivity contribution is 0.0955. The second-order valence-corrected chi connectivity index (χ2v) is 6.65. The van der Waals surface area contributed by atoms with E-state index < -0.39 is 0 Å². The van der Waals surface area contributed by atoms with Crippen LogP contribution in [0.5, 0.6) is 5.75 Å². The lowest BCUT2D eigenvalue weighted by Gasteiger charge is -2.11. The Morgan fingerprint density at radius 3 is 2.48 bits per heavy atom. The minimum atomic E-state index is -0.227. The fourth-order valence-electron chi connectivity index (χ4n) is 2.59. The normalized spacial score (nSPS) is 10.3. The second kappa shape index (κ2) is 9.00. The standard InChI is InChI=1S/C21H20N2O3S/c1-26-17-8-6-15(7-9-17)10-12-22-21(25)18-4-2-3-5-19(18)23-20(24)16-11-13-27-14-16/h2-9,11,13-14H,10,12H2,1H3,(H,22,25)(H,23,24). The average molecular weight is 380 g/mol. The zero-order chi connectivity index (χ0) is 19.1. The predicted molar refractivity (Wildman–Crippen MR) is 108 cm³/mol. The zero-order valence-electron chi connectivity index (χ0n) is 14.9. The number of ether oxygens (including phenoxy) is 1. The molecule has 2 N–H and O–H groups in total. The van der Waals surface area contributed by atoms with Crippen LogP contribution in [0.15, 0.2) is 65.4 Å². The molecular weight excluding hydrogens is 360 g/mol. The third-order valence-corrected chi connectivity index (χ3v) is 4.74. The summed E-state index contributed by atoms with van der Waals surface area (Å²) in [6.45, 7) is 0.498. The van der Waals surface area contributed by atoms with E-state index in [2.05, 4.69) is 10.6 Å². The van der Waals surface area contributed by atoms with Crippen molar-refractivity contribution < 1.29 is 14.3 Å². The van der Waals surface area contributed by atoms with E-state index in [0.29, 0.717) is 29.8 Å². The summed E-state index contributed by atoms with van der Waals surface area (Å²) in [6.07, 6.45) is 0.708. The van der Waals surface area contributed by atoms with E-state index in [1.54, 1.807) is 42.8 Å². The molecule has 0 unspecified atom stereocenters. The number of para-hydroxylation sites is 1. The Hall–Kier alpha value is -3.12. The number of carbonyl (C=O) groups excluding carboxylic acids is 2. The van der Waals surface area contributed by atoms with Gasteiger partial charge in [-0.25, -0.2) is 0 Å². The van der Waals surface area contributed by atoms with Gasteiger partial charge in [0.2, 0.25) is 0 Å². The van der Waals surface area contributed by atoms with Crippen LogP contribution >= 0.6 is 11.3 Å². The van der Waals surface area contributed by atoms with Gasteiger partial charge in [-0.2, -0.15) is 11.3 Å². The zero-order valence-corrected chi connectivity index (χ0v) is 15.7. The summed E-state index contributed by atoms with van der Waals surface area (Å²) < 4.78 is 5.14. The molecule has 0 saturated carbocycles. The van der Waals surface area contributed by atoms with Gasteiger partial charge in [-0.3, -0.25) is 9.59 Å². The van der Waals surface area contributed by atoms with Crippen molar-refractivity contribution in [3.05, 3.63) is 82.0 Å². The SMILES string of the molecule is COc1ccc(CCNC(=O)c2ccccc2NC(=O)c2ccsc2)cc1. The highest BCUT2D eigenvalue weighted by atomic mass is 32.1. The summed E-state index contributed by atoms with van der Waals surface area (Å²) in [5.41, 5.74) is 2.62. The van der Waals surface area contributed by atoms with E-state index >= 15 is 0 Å². The van der Waals surface area contributed by atoms with E-state index in [-0.39, 0.29) is 11.8 Å². The van der Waals surface area contributed by atoms with E-state index in [0.717, 1.165) is 11.3 Å². The molecule has 5 nitrogen and oxygen atoms in total. The van der Waals surface area contributed by atoms with Gasteiger partial charge >= 0.3 is 0 Å². The maximum absolute atomic E-state index is 12.5. The minimum Gasteiger partial charge on any atom is -0.497 e. The van der Waals surface area contributed by atoms with Crippen LogP contribution in [0.1, 0.15) is 26.3 Å². The fourth-order valence-corrected chi connectivity index (χ4v) is 3.22. The van der Waals surface area contributed by atoms with Crippen molar-refractivity contribution in [1.82, 2.24) is 5.32 Å². The first-order valence-corrected chi connectivity index (χ1v) is 9.45. The number of hydrogen-bond donors (Lipinski definition) is 2. The number of thiophene rings is 1. The number of hydrogen-bond acceptors (Lipinski definition) is 4. The molecule has 3 rings (SSSR count). The molecule has 0 bridgehead atoms. The Morgan fingerprint density at radius 2 is 1.78 bits per heavy atom. The molecular formula is C21H20N2O3S. The van der Waals surface area contributed by atoms with Crippen molar-refractivity contribution in [1.29, 1.82) is 0 Å². The molecule has 0 saturated heterocycles. The summed E-state index contributed by atoms with van der Waals surface area (Å²) in [4.78, 5) is 24.8. The van der Waals surface area contributed by atoms with Gasteiger partial charge in [-0.15, -0.1) is 0 Å². The molecule has 27 heavy (non-hydrogen) atoms. The van der Waals surface area contributed by atoms with Crippen LogP contribution in [0.4, 0.5) is 5.69 Å². The van der Waals surface area contributed by atoms with Gasteiger partial charge in [0.05, 0.1) is 23.9 Å². The molecule has 3 aromatic rings. The van der Waals surface area contributed by atoms with Gasteiger partial charge in [0.15, 0.2) is 0 Å². The van der Waals surface area contributed by atoms with Gasteiger partial charge in [-0.05, 0) is 47.7 Å². The van der Waals surface area contributed by atoms with Gasteiger partial charge in [0.25, 0.3) is 11.8 Å². The van der Waals surface area contributed by atoms with E-state index in [4.69, 9.17) is 4.74 Å². The Morgan fingerprint density at radius 1 is 1.00 bits per heavy atom. The molecule has 0 aliphatic rings.